The SMILES string of the molecule is O=C(Nc1ccc(Br)o1)N1CCc2ccccc2C1. The van der Waals surface area contributed by atoms with Crippen molar-refractivity contribution in [3.8, 4) is 0 Å². The van der Waals surface area contributed by atoms with Crippen molar-refractivity contribution in [3.63, 3.8) is 0 Å². The Balaban J connectivity index is 1.69. The third kappa shape index (κ3) is 2.66. The van der Waals surface area contributed by atoms with Gasteiger partial charge in [-0.1, -0.05) is 24.3 Å². The summed E-state index contributed by atoms with van der Waals surface area (Å²) < 4.78 is 5.88. The van der Waals surface area contributed by atoms with Gasteiger partial charge in [-0.3, -0.25) is 5.32 Å². The predicted octanol–water partition coefficient (Wildman–Crippen LogP) is 3.63. The molecule has 0 fully saturated rings. The number of nitrogens with one attached hydrogen (secondary N) is 1. The highest BCUT2D eigenvalue weighted by Crippen LogP contribution is 2.21. The zero-order valence-corrected chi connectivity index (χ0v) is 11.8. The van der Waals surface area contributed by atoms with Crippen LogP contribution in [-0.4, -0.2) is 17.5 Å². The molecule has 0 saturated heterocycles. The van der Waals surface area contributed by atoms with E-state index in [1.54, 1.807) is 17.0 Å². The number of nitrogens with zero attached hydrogens (tertiary/aromatic N) is 1. The predicted molar refractivity (Wildman–Crippen MR) is 76.0 cm³/mol. The first kappa shape index (κ1) is 12.3. The molecule has 0 saturated carbocycles. The summed E-state index contributed by atoms with van der Waals surface area (Å²) in [5.41, 5.74) is 2.54. The van der Waals surface area contributed by atoms with Crippen molar-refractivity contribution in [1.29, 1.82) is 0 Å². The molecule has 0 unspecified atom stereocenters. The molecule has 5 heteroatoms. The van der Waals surface area contributed by atoms with Crippen LogP contribution >= 0.6 is 15.9 Å². The second-order valence-corrected chi connectivity index (χ2v) is 5.26. The Bertz CT molecular complexity index is 609. The molecule has 3 rings (SSSR count). The fraction of sp³-hybridized carbons (Fsp3) is 0.214. The Labute approximate surface area is 119 Å². The van der Waals surface area contributed by atoms with Crippen LogP contribution in [0.3, 0.4) is 0 Å². The molecule has 1 aromatic carbocycles. The molecule has 1 aliphatic rings. The van der Waals surface area contributed by atoms with Gasteiger partial charge in [0.05, 0.1) is 0 Å². The number of carbonyl (C=O) groups is 1. The minimum Gasteiger partial charge on any atom is -0.434 e. The normalized spacial score (nSPS) is 14.1. The summed E-state index contributed by atoms with van der Waals surface area (Å²) in [6.07, 6.45) is 0.894. The molecule has 0 aliphatic carbocycles. The summed E-state index contributed by atoms with van der Waals surface area (Å²) in [6.45, 7) is 1.37. The standard InChI is InChI=1S/C14H13BrN2O2/c15-12-5-6-13(19-12)16-14(18)17-8-7-10-3-1-2-4-11(10)9-17/h1-6H,7-9H2,(H,16,18). The van der Waals surface area contributed by atoms with Gasteiger partial charge in [0.2, 0.25) is 5.88 Å². The van der Waals surface area contributed by atoms with Crippen molar-refractivity contribution < 1.29 is 9.21 Å². The molecular weight excluding hydrogens is 308 g/mol. The number of halogens is 1. The highest BCUT2D eigenvalue weighted by Gasteiger charge is 2.20. The van der Waals surface area contributed by atoms with Crippen LogP contribution in [0.2, 0.25) is 0 Å². The van der Waals surface area contributed by atoms with Crippen molar-refractivity contribution in [2.75, 3.05) is 11.9 Å². The maximum absolute atomic E-state index is 12.1. The highest BCUT2D eigenvalue weighted by molar-refractivity contribution is 9.10. The van der Waals surface area contributed by atoms with Gasteiger partial charge in [0, 0.05) is 19.2 Å². The minimum absolute atomic E-state index is 0.128. The number of amides is 2. The summed E-state index contributed by atoms with van der Waals surface area (Å²) in [4.78, 5) is 13.9. The number of rotatable bonds is 1. The molecule has 0 spiro atoms. The smallest absolute Gasteiger partial charge is 0.324 e. The van der Waals surface area contributed by atoms with E-state index in [4.69, 9.17) is 4.42 Å². The summed E-state index contributed by atoms with van der Waals surface area (Å²) in [5.74, 6) is 0.454. The fourth-order valence-electron chi connectivity index (χ4n) is 2.23. The quantitative estimate of drug-likeness (QED) is 0.872. The first-order valence-corrected chi connectivity index (χ1v) is 6.90. The number of fused-ring (bicyclic) bond motifs is 1. The average molecular weight is 321 g/mol. The Morgan fingerprint density at radius 2 is 2.00 bits per heavy atom. The summed E-state index contributed by atoms with van der Waals surface area (Å²) in [7, 11) is 0. The van der Waals surface area contributed by atoms with Crippen LogP contribution in [0.25, 0.3) is 0 Å². The van der Waals surface area contributed by atoms with Gasteiger partial charge in [-0.05, 0) is 39.5 Å². The fourth-order valence-corrected chi connectivity index (χ4v) is 2.54. The minimum atomic E-state index is -0.128. The molecular formula is C14H13BrN2O2. The Hall–Kier alpha value is -1.75. The first-order valence-electron chi connectivity index (χ1n) is 6.10. The van der Waals surface area contributed by atoms with Crippen LogP contribution in [0, 0.1) is 0 Å². The van der Waals surface area contributed by atoms with Gasteiger partial charge in [-0.2, -0.15) is 0 Å². The van der Waals surface area contributed by atoms with Gasteiger partial charge in [-0.15, -0.1) is 0 Å². The van der Waals surface area contributed by atoms with E-state index in [9.17, 15) is 4.79 Å². The number of furan rings is 1. The van der Waals surface area contributed by atoms with Crippen LogP contribution in [0.15, 0.2) is 45.5 Å². The van der Waals surface area contributed by atoms with Crippen LogP contribution in [0.1, 0.15) is 11.1 Å². The van der Waals surface area contributed by atoms with Gasteiger partial charge in [-0.25, -0.2) is 4.79 Å². The lowest BCUT2D eigenvalue weighted by Gasteiger charge is -2.28. The lowest BCUT2D eigenvalue weighted by molar-refractivity contribution is 0.205. The van der Waals surface area contributed by atoms with Gasteiger partial charge >= 0.3 is 6.03 Å². The average Bonchev–Trinajstić information content (AvgIpc) is 2.83. The third-order valence-electron chi connectivity index (χ3n) is 3.22. The van der Waals surface area contributed by atoms with Crippen LogP contribution in [-0.2, 0) is 13.0 Å². The molecule has 2 aromatic rings. The summed E-state index contributed by atoms with van der Waals surface area (Å²) in [5, 5.41) is 2.75. The van der Waals surface area contributed by atoms with Crippen LogP contribution in [0.4, 0.5) is 10.7 Å². The number of benzene rings is 1. The Morgan fingerprint density at radius 1 is 1.21 bits per heavy atom. The highest BCUT2D eigenvalue weighted by atomic mass is 79.9. The van der Waals surface area contributed by atoms with Crippen molar-refractivity contribution in [2.24, 2.45) is 0 Å². The van der Waals surface area contributed by atoms with Crippen molar-refractivity contribution >= 4 is 27.8 Å². The molecule has 2 heterocycles. The van der Waals surface area contributed by atoms with E-state index in [0.717, 1.165) is 13.0 Å². The number of urea groups is 1. The number of carbonyl (C=O) groups excluding carboxylic acids is 1. The van der Waals surface area contributed by atoms with E-state index >= 15 is 0 Å². The molecule has 19 heavy (non-hydrogen) atoms. The summed E-state index contributed by atoms with van der Waals surface area (Å²) >= 11 is 3.21. The lowest BCUT2D eigenvalue weighted by atomic mass is 10.0. The van der Waals surface area contributed by atoms with Crippen molar-refractivity contribution in [1.82, 2.24) is 4.90 Å². The van der Waals surface area contributed by atoms with E-state index < -0.39 is 0 Å². The molecule has 1 N–H and O–H groups in total. The zero-order chi connectivity index (χ0) is 13.2. The molecule has 0 atom stereocenters. The molecule has 1 aromatic heterocycles. The number of anilines is 1. The largest absolute Gasteiger partial charge is 0.434 e. The van der Waals surface area contributed by atoms with Crippen LogP contribution < -0.4 is 5.32 Å². The number of hydrogen-bond acceptors (Lipinski definition) is 2. The van der Waals surface area contributed by atoms with Gasteiger partial charge in [0.15, 0.2) is 4.67 Å². The van der Waals surface area contributed by atoms with Crippen LogP contribution in [0.5, 0.6) is 0 Å². The second kappa shape index (κ2) is 5.09. The second-order valence-electron chi connectivity index (χ2n) is 4.47. The lowest BCUT2D eigenvalue weighted by Crippen LogP contribution is -2.38. The molecule has 0 radical (unpaired) electrons. The number of hydrogen-bond donors (Lipinski definition) is 1. The molecule has 98 valence electrons. The zero-order valence-electron chi connectivity index (χ0n) is 10.2. The van der Waals surface area contributed by atoms with Gasteiger partial charge < -0.3 is 9.32 Å². The first-order chi connectivity index (χ1) is 9.22. The van der Waals surface area contributed by atoms with Crippen molar-refractivity contribution in [2.45, 2.75) is 13.0 Å². The van der Waals surface area contributed by atoms with Crippen molar-refractivity contribution in [3.05, 3.63) is 52.2 Å². The molecule has 4 nitrogen and oxygen atoms in total. The van der Waals surface area contributed by atoms with Gasteiger partial charge in [0.25, 0.3) is 0 Å². The van der Waals surface area contributed by atoms with E-state index in [1.807, 2.05) is 12.1 Å². The topological polar surface area (TPSA) is 45.5 Å². The Kier molecular flexibility index (Phi) is 3.29. The van der Waals surface area contributed by atoms with Gasteiger partial charge in [0.1, 0.15) is 0 Å². The van der Waals surface area contributed by atoms with E-state index in [-0.39, 0.29) is 6.03 Å². The Morgan fingerprint density at radius 3 is 2.74 bits per heavy atom. The third-order valence-corrected chi connectivity index (χ3v) is 3.65. The molecule has 2 amide bonds. The summed E-state index contributed by atoms with van der Waals surface area (Å²) in [6, 6.07) is 11.6. The maximum atomic E-state index is 12.1. The maximum Gasteiger partial charge on any atom is 0.324 e. The van der Waals surface area contributed by atoms with E-state index in [1.165, 1.54) is 11.1 Å². The molecule has 0 bridgehead atoms. The monoisotopic (exact) mass is 320 g/mol. The van der Waals surface area contributed by atoms with E-state index in [2.05, 4.69) is 33.4 Å². The van der Waals surface area contributed by atoms with E-state index in [0.29, 0.717) is 17.1 Å². The molecule has 1 aliphatic heterocycles.